The summed E-state index contributed by atoms with van der Waals surface area (Å²) in [6, 6.07) is 7.30. The zero-order valence-electron chi connectivity index (χ0n) is 17.1. The lowest BCUT2D eigenvalue weighted by Gasteiger charge is -2.34. The van der Waals surface area contributed by atoms with Crippen LogP contribution in [0.25, 0.3) is 0 Å². The monoisotopic (exact) mass is 421 g/mol. The maximum atomic E-state index is 12.5. The lowest BCUT2D eigenvalue weighted by atomic mass is 9.98. The van der Waals surface area contributed by atoms with Crippen LogP contribution in [-0.2, 0) is 16.0 Å². The molecule has 3 rings (SSSR count). The van der Waals surface area contributed by atoms with E-state index in [0.29, 0.717) is 56.9 Å². The van der Waals surface area contributed by atoms with Crippen LogP contribution < -0.4 is 5.32 Å². The number of carbonyl (C=O) groups excluding carboxylic acids is 2. The summed E-state index contributed by atoms with van der Waals surface area (Å²) in [6.45, 7) is 3.61. The number of ether oxygens (including phenoxy) is 1. The van der Waals surface area contributed by atoms with Gasteiger partial charge in [-0.25, -0.2) is 4.79 Å². The molecule has 0 atom stereocenters. The molecule has 0 bridgehead atoms. The van der Waals surface area contributed by atoms with Crippen LogP contribution in [0.15, 0.2) is 24.3 Å². The van der Waals surface area contributed by atoms with Crippen LogP contribution in [0.5, 0.6) is 0 Å². The molecular formula is C22H32ClN3O3. The number of carbonyl (C=O) groups is 2. The Hall–Kier alpha value is -1.79. The number of nitrogens with one attached hydrogen (secondary N) is 1. The predicted octanol–water partition coefficient (Wildman–Crippen LogP) is 3.48. The second-order valence-electron chi connectivity index (χ2n) is 7.89. The Kier molecular flexibility index (Phi) is 8.62. The highest BCUT2D eigenvalue weighted by Gasteiger charge is 2.24. The average Bonchev–Trinajstić information content (AvgIpc) is 2.76. The summed E-state index contributed by atoms with van der Waals surface area (Å²) in [5.74, 6) is 0.0900. The van der Waals surface area contributed by atoms with Gasteiger partial charge in [0.1, 0.15) is 0 Å². The zero-order chi connectivity index (χ0) is 20.5. The van der Waals surface area contributed by atoms with Crippen LogP contribution in [0, 0.1) is 0 Å². The van der Waals surface area contributed by atoms with Crippen LogP contribution in [0.3, 0.4) is 0 Å². The van der Waals surface area contributed by atoms with Crippen molar-refractivity contribution in [2.45, 2.75) is 51.0 Å². The average molecular weight is 422 g/mol. The van der Waals surface area contributed by atoms with Crippen LogP contribution in [0.4, 0.5) is 4.79 Å². The van der Waals surface area contributed by atoms with Crippen molar-refractivity contribution in [3.63, 3.8) is 0 Å². The summed E-state index contributed by atoms with van der Waals surface area (Å²) in [6.07, 6.45) is 7.84. The van der Waals surface area contributed by atoms with Gasteiger partial charge in [-0.1, -0.05) is 43.0 Å². The summed E-state index contributed by atoms with van der Waals surface area (Å²) in [4.78, 5) is 28.4. The van der Waals surface area contributed by atoms with Gasteiger partial charge in [0.15, 0.2) is 0 Å². The summed E-state index contributed by atoms with van der Waals surface area (Å²) >= 11 is 5.89. The molecule has 6 nitrogen and oxygen atoms in total. The van der Waals surface area contributed by atoms with Gasteiger partial charge in [-0.05, 0) is 37.0 Å². The summed E-state index contributed by atoms with van der Waals surface area (Å²) < 4.78 is 5.89. The number of rotatable bonds is 7. The predicted molar refractivity (Wildman–Crippen MR) is 114 cm³/mol. The molecule has 1 aromatic carbocycles. The topological polar surface area (TPSA) is 61.9 Å². The molecule has 0 unspecified atom stereocenters. The molecular weight excluding hydrogens is 390 g/mol. The lowest BCUT2D eigenvalue weighted by molar-refractivity contribution is -0.131. The normalized spacial score (nSPS) is 18.0. The van der Waals surface area contributed by atoms with E-state index in [0.717, 1.165) is 12.0 Å². The highest BCUT2D eigenvalue weighted by Crippen LogP contribution is 2.20. The van der Waals surface area contributed by atoms with Crippen molar-refractivity contribution in [3.05, 3.63) is 34.9 Å². The van der Waals surface area contributed by atoms with Crippen molar-refractivity contribution in [1.82, 2.24) is 15.1 Å². The minimum atomic E-state index is -0.0486. The third kappa shape index (κ3) is 7.19. The largest absolute Gasteiger partial charge is 0.378 e. The molecule has 0 spiro atoms. The Bertz CT molecular complexity index is 654. The van der Waals surface area contributed by atoms with Gasteiger partial charge in [0.25, 0.3) is 0 Å². The number of hydrogen-bond donors (Lipinski definition) is 1. The van der Waals surface area contributed by atoms with Crippen molar-refractivity contribution in [2.75, 3.05) is 39.3 Å². The standard InChI is InChI=1S/C22H32ClN3O3/c23-19-9-7-18(8-10-19)17-21(27)25-12-14-26(15-13-25)22(28)24-11-4-16-29-20-5-2-1-3-6-20/h7-10,20H,1-6,11-17H2,(H,24,28). The Morgan fingerprint density at radius 2 is 1.66 bits per heavy atom. The number of urea groups is 1. The highest BCUT2D eigenvalue weighted by molar-refractivity contribution is 6.30. The zero-order valence-corrected chi connectivity index (χ0v) is 17.8. The highest BCUT2D eigenvalue weighted by atomic mass is 35.5. The third-order valence-electron chi connectivity index (χ3n) is 5.69. The van der Waals surface area contributed by atoms with Gasteiger partial charge in [0.05, 0.1) is 12.5 Å². The van der Waals surface area contributed by atoms with Gasteiger partial charge in [-0.15, -0.1) is 0 Å². The fraction of sp³-hybridized carbons (Fsp3) is 0.636. The Morgan fingerprint density at radius 3 is 2.34 bits per heavy atom. The number of hydrogen-bond acceptors (Lipinski definition) is 3. The van der Waals surface area contributed by atoms with Crippen molar-refractivity contribution < 1.29 is 14.3 Å². The van der Waals surface area contributed by atoms with Gasteiger partial charge in [0, 0.05) is 44.4 Å². The number of halogens is 1. The molecule has 0 radical (unpaired) electrons. The first kappa shape index (κ1) is 21.9. The Labute approximate surface area is 178 Å². The number of piperazine rings is 1. The quantitative estimate of drug-likeness (QED) is 0.685. The molecule has 1 heterocycles. The van der Waals surface area contributed by atoms with E-state index in [1.807, 2.05) is 17.0 Å². The number of nitrogens with zero attached hydrogens (tertiary/aromatic N) is 2. The molecule has 3 amide bonds. The minimum absolute atomic E-state index is 0.0486. The van der Waals surface area contributed by atoms with E-state index < -0.39 is 0 Å². The second kappa shape index (κ2) is 11.4. The Morgan fingerprint density at radius 1 is 1.00 bits per heavy atom. The van der Waals surface area contributed by atoms with Gasteiger partial charge in [-0.2, -0.15) is 0 Å². The Balaban J connectivity index is 1.28. The maximum Gasteiger partial charge on any atom is 0.317 e. The molecule has 29 heavy (non-hydrogen) atoms. The number of amides is 3. The van der Waals surface area contributed by atoms with E-state index >= 15 is 0 Å². The van der Waals surface area contributed by atoms with Crippen LogP contribution in [0.2, 0.25) is 5.02 Å². The van der Waals surface area contributed by atoms with E-state index in [2.05, 4.69) is 5.32 Å². The first-order chi connectivity index (χ1) is 14.1. The molecule has 0 aromatic heterocycles. The van der Waals surface area contributed by atoms with Crippen LogP contribution >= 0.6 is 11.6 Å². The lowest BCUT2D eigenvalue weighted by Crippen LogP contribution is -2.53. The molecule has 1 saturated carbocycles. The van der Waals surface area contributed by atoms with E-state index in [-0.39, 0.29) is 11.9 Å². The SMILES string of the molecule is O=C(Cc1ccc(Cl)cc1)N1CCN(C(=O)NCCCOC2CCCCC2)CC1. The first-order valence-electron chi connectivity index (χ1n) is 10.8. The minimum Gasteiger partial charge on any atom is -0.378 e. The van der Waals surface area contributed by atoms with E-state index in [9.17, 15) is 9.59 Å². The molecule has 2 fully saturated rings. The van der Waals surface area contributed by atoms with Crippen LogP contribution in [-0.4, -0.2) is 67.2 Å². The fourth-order valence-electron chi connectivity index (χ4n) is 3.91. The van der Waals surface area contributed by atoms with Gasteiger partial charge < -0.3 is 19.9 Å². The summed E-state index contributed by atoms with van der Waals surface area (Å²) in [7, 11) is 0. The molecule has 1 saturated heterocycles. The first-order valence-corrected chi connectivity index (χ1v) is 11.2. The molecule has 1 aliphatic heterocycles. The van der Waals surface area contributed by atoms with Crippen molar-refractivity contribution >= 4 is 23.5 Å². The van der Waals surface area contributed by atoms with Crippen molar-refractivity contribution in [1.29, 1.82) is 0 Å². The molecule has 160 valence electrons. The molecule has 1 aromatic rings. The second-order valence-corrected chi connectivity index (χ2v) is 8.32. The summed E-state index contributed by atoms with van der Waals surface area (Å²) in [5, 5.41) is 3.64. The van der Waals surface area contributed by atoms with Gasteiger partial charge in [0.2, 0.25) is 5.91 Å². The van der Waals surface area contributed by atoms with Crippen LogP contribution in [0.1, 0.15) is 44.1 Å². The summed E-state index contributed by atoms with van der Waals surface area (Å²) in [5.41, 5.74) is 0.954. The molecule has 1 N–H and O–H groups in total. The van der Waals surface area contributed by atoms with Gasteiger partial charge >= 0.3 is 6.03 Å². The van der Waals surface area contributed by atoms with Crippen molar-refractivity contribution in [3.8, 4) is 0 Å². The maximum absolute atomic E-state index is 12.5. The van der Waals surface area contributed by atoms with Crippen molar-refractivity contribution in [2.24, 2.45) is 0 Å². The third-order valence-corrected chi connectivity index (χ3v) is 5.94. The van der Waals surface area contributed by atoms with E-state index in [1.165, 1.54) is 32.1 Å². The number of benzene rings is 1. The molecule has 1 aliphatic carbocycles. The smallest absolute Gasteiger partial charge is 0.317 e. The fourth-order valence-corrected chi connectivity index (χ4v) is 4.03. The van der Waals surface area contributed by atoms with E-state index in [4.69, 9.17) is 16.3 Å². The van der Waals surface area contributed by atoms with E-state index in [1.54, 1.807) is 17.0 Å². The molecule has 2 aliphatic rings. The molecule has 7 heteroatoms. The van der Waals surface area contributed by atoms with Gasteiger partial charge in [-0.3, -0.25) is 4.79 Å².